The predicted octanol–water partition coefficient (Wildman–Crippen LogP) is 3.84. The van der Waals surface area contributed by atoms with Gasteiger partial charge in [0.1, 0.15) is 11.8 Å². The lowest BCUT2D eigenvalue weighted by atomic mass is 9.95. The minimum atomic E-state index is -3.85. The molecule has 0 fully saturated rings. The van der Waals surface area contributed by atoms with Crippen molar-refractivity contribution < 1.29 is 17.9 Å². The maximum Gasteiger partial charge on any atom is 0.244 e. The third-order valence-electron chi connectivity index (χ3n) is 5.29. The summed E-state index contributed by atoms with van der Waals surface area (Å²) in [6, 6.07) is 22.0. The minimum absolute atomic E-state index is 0.148. The maximum atomic E-state index is 13.4. The van der Waals surface area contributed by atoms with E-state index in [0.717, 1.165) is 11.1 Å². The number of ether oxygens (including phenoxy) is 1. The zero-order valence-electron chi connectivity index (χ0n) is 17.2. The number of rotatable bonds is 6. The minimum Gasteiger partial charge on any atom is -0.494 e. The lowest BCUT2D eigenvalue weighted by molar-refractivity contribution is -0.120. The van der Waals surface area contributed by atoms with Gasteiger partial charge in [0, 0.05) is 12.2 Å². The molecule has 0 bridgehead atoms. The third kappa shape index (κ3) is 4.47. The highest BCUT2D eigenvalue weighted by Gasteiger charge is 2.39. The molecule has 1 heterocycles. The molecule has 7 heteroatoms. The summed E-state index contributed by atoms with van der Waals surface area (Å²) in [5.74, 6) is 0.346. The predicted molar refractivity (Wildman–Crippen MR) is 119 cm³/mol. The number of sulfonamides is 1. The monoisotopic (exact) mass is 436 g/mol. The number of hydrogen-bond donors (Lipinski definition) is 1. The highest BCUT2D eigenvalue weighted by atomic mass is 32.2. The Labute approximate surface area is 182 Å². The normalized spacial score (nSPS) is 16.4. The van der Waals surface area contributed by atoms with Crippen molar-refractivity contribution in [2.75, 3.05) is 11.9 Å². The van der Waals surface area contributed by atoms with Crippen LogP contribution in [0.25, 0.3) is 0 Å². The van der Waals surface area contributed by atoms with E-state index in [4.69, 9.17) is 4.74 Å². The van der Waals surface area contributed by atoms with Crippen molar-refractivity contribution in [2.24, 2.45) is 0 Å². The van der Waals surface area contributed by atoms with Crippen molar-refractivity contribution in [3.63, 3.8) is 0 Å². The Hall–Kier alpha value is -3.16. The summed E-state index contributed by atoms with van der Waals surface area (Å²) >= 11 is 0. The molecule has 0 saturated carbocycles. The quantitative estimate of drug-likeness (QED) is 0.637. The number of anilines is 1. The molecule has 6 nitrogen and oxygen atoms in total. The second-order valence-corrected chi connectivity index (χ2v) is 9.19. The molecule has 160 valence electrons. The SMILES string of the molecule is CCOc1ccc(NC(=O)[C@@H]2Cc3ccccc3CN2S(=O)(=O)c2ccccc2)cc1. The fraction of sp³-hybridized carbons (Fsp3) is 0.208. The van der Waals surface area contributed by atoms with Crippen LogP contribution in [0.5, 0.6) is 5.75 Å². The number of carbonyl (C=O) groups excluding carboxylic acids is 1. The molecule has 1 aliphatic heterocycles. The van der Waals surface area contributed by atoms with Gasteiger partial charge < -0.3 is 10.1 Å². The van der Waals surface area contributed by atoms with Crippen molar-refractivity contribution in [1.82, 2.24) is 4.31 Å². The van der Waals surface area contributed by atoms with E-state index in [2.05, 4.69) is 5.32 Å². The van der Waals surface area contributed by atoms with Gasteiger partial charge in [-0.2, -0.15) is 4.31 Å². The first kappa shape index (κ1) is 21.1. The Morgan fingerprint density at radius 1 is 0.968 bits per heavy atom. The van der Waals surface area contributed by atoms with Crippen LogP contribution in [0.2, 0.25) is 0 Å². The van der Waals surface area contributed by atoms with Crippen LogP contribution in [0.15, 0.2) is 83.8 Å². The van der Waals surface area contributed by atoms with Gasteiger partial charge in [0.05, 0.1) is 11.5 Å². The molecule has 1 atom stereocenters. The second kappa shape index (κ2) is 8.91. The van der Waals surface area contributed by atoms with Gasteiger partial charge in [0.2, 0.25) is 15.9 Å². The van der Waals surface area contributed by atoms with Crippen molar-refractivity contribution in [1.29, 1.82) is 0 Å². The molecule has 1 amide bonds. The van der Waals surface area contributed by atoms with Gasteiger partial charge in [-0.15, -0.1) is 0 Å². The van der Waals surface area contributed by atoms with E-state index < -0.39 is 16.1 Å². The van der Waals surface area contributed by atoms with Gasteiger partial charge >= 0.3 is 0 Å². The first-order valence-electron chi connectivity index (χ1n) is 10.2. The number of carbonyl (C=O) groups is 1. The van der Waals surface area contributed by atoms with E-state index in [0.29, 0.717) is 24.5 Å². The molecular formula is C24H24N2O4S. The summed E-state index contributed by atoms with van der Waals surface area (Å²) < 4.78 is 33.6. The smallest absolute Gasteiger partial charge is 0.244 e. The van der Waals surface area contributed by atoms with Gasteiger partial charge in [0.25, 0.3) is 0 Å². The average molecular weight is 437 g/mol. The van der Waals surface area contributed by atoms with Crippen molar-refractivity contribution >= 4 is 21.6 Å². The fourth-order valence-corrected chi connectivity index (χ4v) is 5.32. The fourth-order valence-electron chi connectivity index (χ4n) is 3.73. The van der Waals surface area contributed by atoms with Crippen LogP contribution in [0.1, 0.15) is 18.1 Å². The highest BCUT2D eigenvalue weighted by molar-refractivity contribution is 7.89. The molecule has 0 aromatic heterocycles. The van der Waals surface area contributed by atoms with Crippen LogP contribution in [0.4, 0.5) is 5.69 Å². The Morgan fingerprint density at radius 3 is 2.29 bits per heavy atom. The molecule has 0 spiro atoms. The molecule has 4 rings (SSSR count). The second-order valence-electron chi connectivity index (χ2n) is 7.30. The van der Waals surface area contributed by atoms with Crippen molar-refractivity contribution in [3.8, 4) is 5.75 Å². The summed E-state index contributed by atoms with van der Waals surface area (Å²) in [5, 5.41) is 2.86. The molecule has 0 radical (unpaired) electrons. The average Bonchev–Trinajstić information content (AvgIpc) is 2.80. The van der Waals surface area contributed by atoms with Crippen LogP contribution in [0, 0.1) is 0 Å². The topological polar surface area (TPSA) is 75.7 Å². The van der Waals surface area contributed by atoms with Gasteiger partial charge in [-0.25, -0.2) is 8.42 Å². The summed E-state index contributed by atoms with van der Waals surface area (Å²) in [4.78, 5) is 13.4. The molecule has 3 aromatic carbocycles. The largest absolute Gasteiger partial charge is 0.494 e. The first-order valence-corrected chi connectivity index (χ1v) is 11.6. The molecule has 0 unspecified atom stereocenters. The van der Waals surface area contributed by atoms with Crippen LogP contribution < -0.4 is 10.1 Å². The van der Waals surface area contributed by atoms with E-state index >= 15 is 0 Å². The van der Waals surface area contributed by atoms with Crippen LogP contribution in [-0.4, -0.2) is 31.3 Å². The molecule has 31 heavy (non-hydrogen) atoms. The van der Waals surface area contributed by atoms with Gasteiger partial charge in [-0.05, 0) is 60.9 Å². The molecular weight excluding hydrogens is 412 g/mol. The van der Waals surface area contributed by atoms with Crippen molar-refractivity contribution in [2.45, 2.75) is 30.8 Å². The van der Waals surface area contributed by atoms with E-state index in [9.17, 15) is 13.2 Å². The Kier molecular flexibility index (Phi) is 6.06. The lowest BCUT2D eigenvalue weighted by Crippen LogP contribution is -2.50. The Balaban J connectivity index is 1.65. The molecule has 1 N–H and O–H groups in total. The van der Waals surface area contributed by atoms with E-state index in [1.165, 1.54) is 4.31 Å². The maximum absolute atomic E-state index is 13.4. The standard InChI is InChI=1S/C24H24N2O4S/c1-2-30-21-14-12-20(13-15-21)25-24(27)23-16-18-8-6-7-9-19(18)17-26(23)31(28,29)22-10-4-3-5-11-22/h3-15,23H,2,16-17H2,1H3,(H,25,27)/t23-/m0/s1. The zero-order chi connectivity index (χ0) is 21.8. The van der Waals surface area contributed by atoms with E-state index in [1.807, 2.05) is 31.2 Å². The van der Waals surface area contributed by atoms with Gasteiger partial charge in [-0.1, -0.05) is 42.5 Å². The van der Waals surface area contributed by atoms with Crippen LogP contribution >= 0.6 is 0 Å². The molecule has 0 saturated heterocycles. The number of benzene rings is 3. The van der Waals surface area contributed by atoms with Crippen LogP contribution in [-0.2, 0) is 27.8 Å². The van der Waals surface area contributed by atoms with Gasteiger partial charge in [-0.3, -0.25) is 4.79 Å². The Bertz CT molecular complexity index is 1160. The molecule has 0 aliphatic carbocycles. The summed E-state index contributed by atoms with van der Waals surface area (Å²) in [6.07, 6.45) is 0.311. The first-order chi connectivity index (χ1) is 15.0. The number of amides is 1. The van der Waals surface area contributed by atoms with Crippen LogP contribution in [0.3, 0.4) is 0 Å². The Morgan fingerprint density at radius 2 is 1.61 bits per heavy atom. The lowest BCUT2D eigenvalue weighted by Gasteiger charge is -2.35. The van der Waals surface area contributed by atoms with Crippen molar-refractivity contribution in [3.05, 3.63) is 90.0 Å². The van der Waals surface area contributed by atoms with E-state index in [-0.39, 0.29) is 17.3 Å². The summed E-state index contributed by atoms with van der Waals surface area (Å²) in [7, 11) is -3.85. The third-order valence-corrected chi connectivity index (χ3v) is 7.16. The van der Waals surface area contributed by atoms with E-state index in [1.54, 1.807) is 54.6 Å². The number of nitrogens with zero attached hydrogens (tertiary/aromatic N) is 1. The molecule has 1 aliphatic rings. The van der Waals surface area contributed by atoms with Gasteiger partial charge in [0.15, 0.2) is 0 Å². The molecule has 3 aromatic rings. The summed E-state index contributed by atoms with van der Waals surface area (Å²) in [5.41, 5.74) is 2.48. The number of hydrogen-bond acceptors (Lipinski definition) is 4. The number of fused-ring (bicyclic) bond motifs is 1. The summed E-state index contributed by atoms with van der Waals surface area (Å²) in [6.45, 7) is 2.60. The zero-order valence-corrected chi connectivity index (χ0v) is 18.0. The highest BCUT2D eigenvalue weighted by Crippen LogP contribution is 2.30. The number of nitrogens with one attached hydrogen (secondary N) is 1.